The number of allylic oxidation sites excluding steroid dienone is 11. The van der Waals surface area contributed by atoms with Crippen LogP contribution in [0.1, 0.15) is 155 Å². The third-order valence-electron chi connectivity index (χ3n) is 9.74. The van der Waals surface area contributed by atoms with Crippen LogP contribution in [0.25, 0.3) is 0 Å². The lowest BCUT2D eigenvalue weighted by molar-refractivity contribution is -0.302. The minimum Gasteiger partial charge on any atom is -0.394 e. The topological polar surface area (TPSA) is 149 Å². The molecule has 0 radical (unpaired) electrons. The summed E-state index contributed by atoms with van der Waals surface area (Å²) < 4.78 is 11.2. The van der Waals surface area contributed by atoms with Crippen molar-refractivity contribution < 1.29 is 39.8 Å². The third-order valence-corrected chi connectivity index (χ3v) is 9.74. The zero-order valence-corrected chi connectivity index (χ0v) is 34.4. The van der Waals surface area contributed by atoms with Gasteiger partial charge in [-0.05, 0) is 77.0 Å². The molecular weight excluding hydrogens is 695 g/mol. The van der Waals surface area contributed by atoms with Crippen LogP contribution in [0.15, 0.2) is 72.9 Å². The number of amides is 1. The van der Waals surface area contributed by atoms with E-state index in [-0.39, 0.29) is 12.5 Å². The van der Waals surface area contributed by atoms with Crippen LogP contribution in [0, 0.1) is 0 Å². The summed E-state index contributed by atoms with van der Waals surface area (Å²) in [6.07, 6.45) is 40.8. The first-order valence-corrected chi connectivity index (χ1v) is 21.7. The van der Waals surface area contributed by atoms with E-state index in [1.165, 1.54) is 51.4 Å². The first kappa shape index (κ1) is 50.6. The molecule has 1 aliphatic rings. The number of aliphatic hydroxyl groups is 5. The molecule has 0 bridgehead atoms. The fraction of sp³-hybridized carbons (Fsp3) is 0.717. The van der Waals surface area contributed by atoms with Gasteiger partial charge in [-0.15, -0.1) is 0 Å². The molecule has 1 fully saturated rings. The van der Waals surface area contributed by atoms with Crippen LogP contribution in [-0.4, -0.2) is 87.5 Å². The number of nitrogens with one attached hydrogen (secondary N) is 1. The fourth-order valence-corrected chi connectivity index (χ4v) is 6.26. The molecule has 7 atom stereocenters. The van der Waals surface area contributed by atoms with Crippen molar-refractivity contribution in [3.63, 3.8) is 0 Å². The molecule has 9 nitrogen and oxygen atoms in total. The number of ether oxygens (including phenoxy) is 2. The predicted molar refractivity (Wildman–Crippen MR) is 225 cm³/mol. The van der Waals surface area contributed by atoms with Gasteiger partial charge in [-0.1, -0.05) is 145 Å². The maximum absolute atomic E-state index is 12.9. The summed E-state index contributed by atoms with van der Waals surface area (Å²) in [6, 6.07) is -0.835. The van der Waals surface area contributed by atoms with Crippen LogP contribution in [0.4, 0.5) is 0 Å². The van der Waals surface area contributed by atoms with Crippen molar-refractivity contribution in [2.45, 2.75) is 198 Å². The largest absolute Gasteiger partial charge is 0.394 e. The van der Waals surface area contributed by atoms with Gasteiger partial charge in [0.2, 0.25) is 5.91 Å². The molecule has 0 saturated carbocycles. The average molecular weight is 774 g/mol. The molecule has 0 spiro atoms. The Morgan fingerprint density at radius 2 is 1.15 bits per heavy atom. The Bertz CT molecular complexity index is 1080. The second-order valence-electron chi connectivity index (χ2n) is 14.7. The van der Waals surface area contributed by atoms with Crippen LogP contribution in [0.2, 0.25) is 0 Å². The molecule has 0 aliphatic carbocycles. The highest BCUT2D eigenvalue weighted by atomic mass is 16.7. The van der Waals surface area contributed by atoms with Crippen LogP contribution in [-0.2, 0) is 14.3 Å². The second-order valence-corrected chi connectivity index (χ2v) is 14.7. The Balaban J connectivity index is 2.44. The molecule has 6 N–H and O–H groups in total. The molecule has 1 aliphatic heterocycles. The van der Waals surface area contributed by atoms with Crippen molar-refractivity contribution in [3.05, 3.63) is 72.9 Å². The van der Waals surface area contributed by atoms with Crippen molar-refractivity contribution in [2.24, 2.45) is 0 Å². The summed E-state index contributed by atoms with van der Waals surface area (Å²) in [6.45, 7) is 3.59. The monoisotopic (exact) mass is 774 g/mol. The molecule has 1 heterocycles. The van der Waals surface area contributed by atoms with Gasteiger partial charge in [0.05, 0.1) is 25.4 Å². The van der Waals surface area contributed by atoms with Gasteiger partial charge in [-0.2, -0.15) is 0 Å². The molecule has 1 rings (SSSR count). The van der Waals surface area contributed by atoms with Crippen molar-refractivity contribution in [2.75, 3.05) is 13.2 Å². The maximum atomic E-state index is 12.9. The highest BCUT2D eigenvalue weighted by Gasteiger charge is 2.44. The summed E-state index contributed by atoms with van der Waals surface area (Å²) in [5.41, 5.74) is 0. The first-order chi connectivity index (χ1) is 26.8. The minimum atomic E-state index is -1.58. The molecule has 0 aromatic rings. The smallest absolute Gasteiger partial charge is 0.220 e. The molecule has 316 valence electrons. The Labute approximate surface area is 334 Å². The fourth-order valence-electron chi connectivity index (χ4n) is 6.26. The molecule has 9 heteroatoms. The lowest BCUT2D eigenvalue weighted by atomic mass is 9.99. The van der Waals surface area contributed by atoms with Crippen LogP contribution >= 0.6 is 0 Å². The van der Waals surface area contributed by atoms with Gasteiger partial charge in [0.15, 0.2) is 6.29 Å². The third kappa shape index (κ3) is 27.0. The predicted octanol–water partition coefficient (Wildman–Crippen LogP) is 8.61. The van der Waals surface area contributed by atoms with E-state index in [1.807, 2.05) is 6.08 Å². The van der Waals surface area contributed by atoms with Gasteiger partial charge in [0.1, 0.15) is 24.4 Å². The lowest BCUT2D eigenvalue weighted by Gasteiger charge is -2.40. The van der Waals surface area contributed by atoms with Crippen LogP contribution in [0.5, 0.6) is 0 Å². The Kier molecular flexibility index (Phi) is 33.2. The van der Waals surface area contributed by atoms with E-state index in [0.717, 1.165) is 83.5 Å². The van der Waals surface area contributed by atoms with Crippen LogP contribution < -0.4 is 5.32 Å². The van der Waals surface area contributed by atoms with Gasteiger partial charge in [-0.25, -0.2) is 0 Å². The van der Waals surface area contributed by atoms with Crippen molar-refractivity contribution in [1.29, 1.82) is 0 Å². The lowest BCUT2D eigenvalue weighted by Crippen LogP contribution is -2.60. The number of rotatable bonds is 34. The van der Waals surface area contributed by atoms with E-state index in [2.05, 4.69) is 79.9 Å². The molecule has 1 saturated heterocycles. The van der Waals surface area contributed by atoms with E-state index in [4.69, 9.17) is 9.47 Å². The van der Waals surface area contributed by atoms with E-state index in [0.29, 0.717) is 6.42 Å². The van der Waals surface area contributed by atoms with E-state index < -0.39 is 49.5 Å². The summed E-state index contributed by atoms with van der Waals surface area (Å²) in [4.78, 5) is 12.9. The van der Waals surface area contributed by atoms with Gasteiger partial charge in [0, 0.05) is 6.42 Å². The Morgan fingerprint density at radius 1 is 0.636 bits per heavy atom. The SMILES string of the molecule is CC/C=C\C/C=C\C/C=C\CCCCCCCCCC(=O)NC(COC1OC(CO)C(O)C(O)C1O)C(O)/C=C/CC/C=C/CC/C=C/CCCCCCC. The van der Waals surface area contributed by atoms with Crippen LogP contribution in [0.3, 0.4) is 0 Å². The number of carbonyl (C=O) groups excluding carboxylic acids is 1. The summed E-state index contributed by atoms with van der Waals surface area (Å²) in [7, 11) is 0. The maximum Gasteiger partial charge on any atom is 0.220 e. The van der Waals surface area contributed by atoms with E-state index in [1.54, 1.807) is 6.08 Å². The summed E-state index contributed by atoms with van der Waals surface area (Å²) >= 11 is 0. The Hall–Kier alpha value is -2.37. The van der Waals surface area contributed by atoms with Crippen molar-refractivity contribution >= 4 is 5.91 Å². The molecule has 0 aromatic carbocycles. The second kappa shape index (κ2) is 36.0. The number of hydrogen-bond donors (Lipinski definition) is 6. The van der Waals surface area contributed by atoms with Gasteiger partial charge in [-0.3, -0.25) is 4.79 Å². The average Bonchev–Trinajstić information content (AvgIpc) is 3.18. The van der Waals surface area contributed by atoms with Gasteiger partial charge < -0.3 is 40.3 Å². The molecular formula is C46H79NO8. The minimum absolute atomic E-state index is 0.206. The van der Waals surface area contributed by atoms with Gasteiger partial charge >= 0.3 is 0 Å². The van der Waals surface area contributed by atoms with Gasteiger partial charge in [0.25, 0.3) is 0 Å². The number of hydrogen-bond acceptors (Lipinski definition) is 8. The molecule has 7 unspecified atom stereocenters. The number of unbranched alkanes of at least 4 members (excludes halogenated alkanes) is 14. The van der Waals surface area contributed by atoms with E-state index in [9.17, 15) is 30.3 Å². The number of aliphatic hydroxyl groups excluding tert-OH is 5. The highest BCUT2D eigenvalue weighted by molar-refractivity contribution is 5.76. The standard InChI is InChI=1S/C46H79NO8/c1-3-5-7-9-11-13-15-17-19-20-22-24-26-28-30-32-34-36-42(50)47-39(38-54-46-45(53)44(52)43(51)41(37-48)55-46)40(49)35-33-31-29-27-25-23-21-18-16-14-12-10-8-6-4-2/h5,7,11,13,16-19,25,27,33,35,39-41,43-46,48-49,51-53H,3-4,6,8-10,12,14-15,20-24,26,28-32,34,36-38H2,1-2H3,(H,47,50)/b7-5-,13-11-,18-16+,19-17-,27-25+,35-33+. The van der Waals surface area contributed by atoms with Crippen molar-refractivity contribution in [3.8, 4) is 0 Å². The zero-order chi connectivity index (χ0) is 40.2. The molecule has 1 amide bonds. The Morgan fingerprint density at radius 3 is 1.75 bits per heavy atom. The normalized spacial score (nSPS) is 22.1. The van der Waals surface area contributed by atoms with E-state index >= 15 is 0 Å². The quantitative estimate of drug-likeness (QED) is 0.0281. The summed E-state index contributed by atoms with van der Waals surface area (Å²) in [5.74, 6) is -0.206. The molecule has 0 aromatic heterocycles. The first-order valence-electron chi connectivity index (χ1n) is 21.7. The zero-order valence-electron chi connectivity index (χ0n) is 34.4. The number of carbonyl (C=O) groups is 1. The summed E-state index contributed by atoms with van der Waals surface area (Å²) in [5, 5.41) is 54.1. The van der Waals surface area contributed by atoms with Crippen molar-refractivity contribution in [1.82, 2.24) is 5.32 Å². The molecule has 55 heavy (non-hydrogen) atoms. The highest BCUT2D eigenvalue weighted by Crippen LogP contribution is 2.22.